The maximum Gasteiger partial charge on any atom is 0.276 e. The molecule has 1 atom stereocenters. The molecule has 7 nitrogen and oxygen atoms in total. The molecule has 1 N–H and O–H groups in total. The number of fused-ring (bicyclic) bond motifs is 3. The molecule has 0 aliphatic carbocycles. The van der Waals surface area contributed by atoms with Gasteiger partial charge in [0.2, 0.25) is 6.79 Å². The van der Waals surface area contributed by atoms with Crippen molar-refractivity contribution < 1.29 is 14.3 Å². The Kier molecular flexibility index (Phi) is 4.71. The summed E-state index contributed by atoms with van der Waals surface area (Å²) in [6, 6.07) is 11.4. The van der Waals surface area contributed by atoms with Crippen LogP contribution in [-0.4, -0.2) is 28.6 Å². The van der Waals surface area contributed by atoms with Gasteiger partial charge in [-0.15, -0.1) is 5.10 Å². The van der Waals surface area contributed by atoms with Crippen molar-refractivity contribution in [1.82, 2.24) is 10.3 Å². The van der Waals surface area contributed by atoms with Crippen LogP contribution in [0.25, 0.3) is 5.70 Å². The van der Waals surface area contributed by atoms with E-state index < -0.39 is 6.17 Å². The number of nitrogens with one attached hydrogen (secondary N) is 1. The Bertz CT molecular complexity index is 1170. The van der Waals surface area contributed by atoms with Crippen LogP contribution in [0.5, 0.6) is 11.5 Å². The number of hydrogen-bond acceptors (Lipinski definition) is 7. The fourth-order valence-corrected chi connectivity index (χ4v) is 4.48. The van der Waals surface area contributed by atoms with Gasteiger partial charge in [0.1, 0.15) is 5.70 Å². The normalized spacial score (nSPS) is 19.2. The van der Waals surface area contributed by atoms with Crippen LogP contribution in [-0.2, 0) is 4.79 Å². The number of amides is 1. The van der Waals surface area contributed by atoms with Gasteiger partial charge in [0.05, 0.1) is 5.36 Å². The second-order valence-corrected chi connectivity index (χ2v) is 8.68. The van der Waals surface area contributed by atoms with Gasteiger partial charge >= 0.3 is 0 Å². The van der Waals surface area contributed by atoms with Gasteiger partial charge in [0.15, 0.2) is 22.8 Å². The summed E-state index contributed by atoms with van der Waals surface area (Å²) >= 11 is 5.02. The summed E-state index contributed by atoms with van der Waals surface area (Å²) in [5.74, 6) is 2.07. The highest BCUT2D eigenvalue weighted by Crippen LogP contribution is 2.38. The molecule has 0 bridgehead atoms. The minimum Gasteiger partial charge on any atom is -0.454 e. The average Bonchev–Trinajstić information content (AvgIpc) is 3.19. The fraction of sp³-hybridized carbons (Fsp3) is 0.250. The van der Waals surface area contributed by atoms with E-state index in [1.807, 2.05) is 36.4 Å². The van der Waals surface area contributed by atoms with Crippen molar-refractivity contribution in [3.63, 3.8) is 0 Å². The number of carbonyl (C=O) groups excluding carboxylic acids is 1. The van der Waals surface area contributed by atoms with E-state index in [1.165, 1.54) is 11.8 Å². The van der Waals surface area contributed by atoms with Gasteiger partial charge in [-0.3, -0.25) is 15.1 Å². The Labute approximate surface area is 179 Å². The molecule has 3 aliphatic heterocycles. The minimum atomic E-state index is -0.476. The van der Waals surface area contributed by atoms with Crippen molar-refractivity contribution >= 4 is 44.5 Å². The van der Waals surface area contributed by atoms with Crippen molar-refractivity contribution in [1.29, 1.82) is 0 Å². The first-order valence-electron chi connectivity index (χ1n) is 9.23. The van der Waals surface area contributed by atoms with E-state index in [2.05, 4.69) is 28.2 Å². The van der Waals surface area contributed by atoms with Crippen LogP contribution < -0.4 is 25.4 Å². The topological polar surface area (TPSA) is 75.5 Å². The third-order valence-corrected chi connectivity index (χ3v) is 6.27. The molecule has 0 unspecified atom stereocenters. The summed E-state index contributed by atoms with van der Waals surface area (Å²) in [7, 11) is 0. The lowest BCUT2D eigenvalue weighted by atomic mass is 10.1. The number of thioether (sulfide) groups is 1. The van der Waals surface area contributed by atoms with Crippen molar-refractivity contribution in [3.05, 3.63) is 57.0 Å². The van der Waals surface area contributed by atoms with Gasteiger partial charge in [-0.1, -0.05) is 40.7 Å². The Morgan fingerprint density at radius 2 is 2.10 bits per heavy atom. The van der Waals surface area contributed by atoms with Crippen LogP contribution >= 0.6 is 27.7 Å². The maximum atomic E-state index is 13.1. The maximum absolute atomic E-state index is 13.1. The van der Waals surface area contributed by atoms with Crippen LogP contribution in [0.3, 0.4) is 0 Å². The van der Waals surface area contributed by atoms with Gasteiger partial charge in [0.25, 0.3) is 5.91 Å². The number of hydrogen-bond donors (Lipinski definition) is 1. The molecular weight excluding hydrogens is 456 g/mol. The van der Waals surface area contributed by atoms with Gasteiger partial charge in [-0.2, -0.15) is 0 Å². The Hall–Kier alpha value is -2.52. The highest BCUT2D eigenvalue weighted by molar-refractivity contribution is 9.10. The Morgan fingerprint density at radius 1 is 1.24 bits per heavy atom. The van der Waals surface area contributed by atoms with Crippen molar-refractivity contribution in [3.8, 4) is 11.5 Å². The predicted octanol–water partition coefficient (Wildman–Crippen LogP) is 2.46. The fourth-order valence-electron chi connectivity index (χ4n) is 3.41. The van der Waals surface area contributed by atoms with Crippen molar-refractivity contribution in [2.75, 3.05) is 12.5 Å². The second kappa shape index (κ2) is 7.38. The number of amidine groups is 1. The molecule has 1 amide bonds. The molecule has 0 fully saturated rings. The van der Waals surface area contributed by atoms with Crippen LogP contribution in [0.2, 0.25) is 0 Å². The third kappa shape index (κ3) is 3.28. The lowest BCUT2D eigenvalue weighted by molar-refractivity contribution is -0.116. The van der Waals surface area contributed by atoms with E-state index in [0.29, 0.717) is 22.4 Å². The first-order valence-corrected chi connectivity index (χ1v) is 11.0. The van der Waals surface area contributed by atoms with Crippen molar-refractivity contribution in [2.45, 2.75) is 19.5 Å². The zero-order chi connectivity index (χ0) is 20.0. The third-order valence-electron chi connectivity index (χ3n) is 4.71. The molecule has 0 saturated carbocycles. The Balaban J connectivity index is 1.68. The number of nitrogens with zero attached hydrogens (tertiary/aromatic N) is 3. The lowest BCUT2D eigenvalue weighted by Gasteiger charge is -2.34. The molecule has 0 aromatic heterocycles. The van der Waals surface area contributed by atoms with E-state index in [4.69, 9.17) is 19.6 Å². The number of hydrazone groups is 1. The van der Waals surface area contributed by atoms with E-state index >= 15 is 0 Å². The molecule has 2 aromatic carbocycles. The zero-order valence-corrected chi connectivity index (χ0v) is 17.9. The van der Waals surface area contributed by atoms with Crippen molar-refractivity contribution in [2.24, 2.45) is 10.1 Å². The first kappa shape index (κ1) is 18.5. The Morgan fingerprint density at radius 3 is 2.97 bits per heavy atom. The monoisotopic (exact) mass is 472 g/mol. The average molecular weight is 473 g/mol. The molecule has 0 radical (unpaired) electrons. The molecule has 5 rings (SSSR count). The van der Waals surface area contributed by atoms with E-state index in [1.54, 1.807) is 5.01 Å². The van der Waals surface area contributed by atoms with Gasteiger partial charge < -0.3 is 9.47 Å². The largest absolute Gasteiger partial charge is 0.454 e. The molecular formula is C20H17BrN4O3S. The number of benzene rings is 2. The number of rotatable bonds is 3. The molecule has 148 valence electrons. The molecule has 29 heavy (non-hydrogen) atoms. The molecule has 3 aliphatic rings. The number of halogens is 1. The smallest absolute Gasteiger partial charge is 0.276 e. The molecule has 3 heterocycles. The second-order valence-electron chi connectivity index (χ2n) is 6.68. The molecule has 0 saturated heterocycles. The predicted molar refractivity (Wildman–Crippen MR) is 114 cm³/mol. The van der Waals surface area contributed by atoms with Crippen LogP contribution in [0.15, 0.2) is 51.0 Å². The summed E-state index contributed by atoms with van der Waals surface area (Å²) in [4.78, 5) is 18.0. The van der Waals surface area contributed by atoms with Gasteiger partial charge in [-0.05, 0) is 36.8 Å². The number of carbonyl (C=O) groups is 1. The first-order chi connectivity index (χ1) is 14.1. The minimum absolute atomic E-state index is 0.182. The molecule has 9 heteroatoms. The summed E-state index contributed by atoms with van der Waals surface area (Å²) in [5, 5.41) is 11.4. The van der Waals surface area contributed by atoms with E-state index in [-0.39, 0.29) is 12.7 Å². The quantitative estimate of drug-likeness (QED) is 0.742. The summed E-state index contributed by atoms with van der Waals surface area (Å²) in [6.45, 7) is 2.30. The lowest BCUT2D eigenvalue weighted by Crippen LogP contribution is -2.50. The number of ether oxygens (including phenoxy) is 2. The van der Waals surface area contributed by atoms with Crippen LogP contribution in [0.1, 0.15) is 25.1 Å². The summed E-state index contributed by atoms with van der Waals surface area (Å²) < 4.78 is 11.8. The van der Waals surface area contributed by atoms with Crippen LogP contribution in [0, 0.1) is 0 Å². The van der Waals surface area contributed by atoms with Crippen LogP contribution in [0.4, 0.5) is 0 Å². The van der Waals surface area contributed by atoms with E-state index in [9.17, 15) is 4.79 Å². The standard InChI is InChI=1S/C20H17BrN4O3S/c1-2-7-29-20-23-19(26)17-13-9-12(21)4-5-14(13)22-18(25(17)24-20)11-3-6-15-16(8-11)28-10-27-15/h3-6,8-9,18H,2,7,10H2,1H3,(H,23,24,26)/t18-/m1/s1. The van der Waals surface area contributed by atoms with Gasteiger partial charge in [-0.25, -0.2) is 5.01 Å². The summed E-state index contributed by atoms with van der Waals surface area (Å²) in [5.41, 5.74) is 1.36. The van der Waals surface area contributed by atoms with E-state index in [0.717, 1.165) is 32.8 Å². The zero-order valence-electron chi connectivity index (χ0n) is 15.5. The highest BCUT2D eigenvalue weighted by Gasteiger charge is 2.35. The van der Waals surface area contributed by atoms with Gasteiger partial charge in [0, 0.05) is 21.0 Å². The molecule has 2 aromatic rings. The SMILES string of the molecule is CCCSC1=NN2C(=c3cc(Br)ccc3=N[C@H]2c2ccc3c(c2)OCO3)C(=O)N1. The highest BCUT2D eigenvalue weighted by atomic mass is 79.9. The summed E-state index contributed by atoms with van der Waals surface area (Å²) in [6.07, 6.45) is 0.512. The molecule has 0 spiro atoms.